The Morgan fingerprint density at radius 1 is 1.14 bits per heavy atom. The first kappa shape index (κ1) is 16.4. The van der Waals surface area contributed by atoms with E-state index >= 15 is 0 Å². The fraction of sp³-hybridized carbons (Fsp3) is 0.684. The zero-order valence-electron chi connectivity index (χ0n) is 14.2. The highest BCUT2D eigenvalue weighted by molar-refractivity contribution is 5.51. The largest absolute Gasteiger partial charge is 0.381 e. The van der Waals surface area contributed by atoms with Crippen molar-refractivity contribution in [2.45, 2.75) is 59.4 Å². The van der Waals surface area contributed by atoms with Crippen molar-refractivity contribution in [2.75, 3.05) is 11.9 Å². The van der Waals surface area contributed by atoms with Crippen LogP contribution in [0.2, 0.25) is 0 Å². The molecule has 0 radical (unpaired) electrons. The van der Waals surface area contributed by atoms with Gasteiger partial charge in [-0.3, -0.25) is 0 Å². The minimum Gasteiger partial charge on any atom is -0.381 e. The standard InChI is InChI=1S/C19H32N2/c1-14-7-5-6-8-17(14)21-18(13-20)15-9-11-16(12-10-15)19(2,3)4/h5-8,15-16,18,21H,9-13,20H2,1-4H3. The average molecular weight is 288 g/mol. The molecule has 0 heterocycles. The second-order valence-electron chi connectivity index (χ2n) is 7.78. The second-order valence-corrected chi connectivity index (χ2v) is 7.78. The van der Waals surface area contributed by atoms with E-state index in [9.17, 15) is 0 Å². The van der Waals surface area contributed by atoms with Crippen molar-refractivity contribution in [3.05, 3.63) is 29.8 Å². The van der Waals surface area contributed by atoms with Crippen molar-refractivity contribution in [1.82, 2.24) is 0 Å². The average Bonchev–Trinajstić information content (AvgIpc) is 2.46. The van der Waals surface area contributed by atoms with Gasteiger partial charge in [-0.15, -0.1) is 0 Å². The van der Waals surface area contributed by atoms with Crippen LogP contribution in [0.4, 0.5) is 5.69 Å². The molecule has 0 amide bonds. The first-order chi connectivity index (χ1) is 9.91. The Bertz CT molecular complexity index is 439. The summed E-state index contributed by atoms with van der Waals surface area (Å²) in [7, 11) is 0. The SMILES string of the molecule is Cc1ccccc1NC(CN)C1CCC(C(C)(C)C)CC1. The number of anilines is 1. The third-order valence-corrected chi connectivity index (χ3v) is 5.31. The van der Waals surface area contributed by atoms with E-state index in [-0.39, 0.29) is 0 Å². The Morgan fingerprint density at radius 3 is 2.29 bits per heavy atom. The van der Waals surface area contributed by atoms with Crippen LogP contribution in [-0.2, 0) is 0 Å². The van der Waals surface area contributed by atoms with Crippen LogP contribution >= 0.6 is 0 Å². The number of hydrogen-bond acceptors (Lipinski definition) is 2. The zero-order valence-corrected chi connectivity index (χ0v) is 14.2. The molecule has 1 saturated carbocycles. The minimum absolute atomic E-state index is 0.409. The van der Waals surface area contributed by atoms with Crippen LogP contribution in [0.15, 0.2) is 24.3 Å². The highest BCUT2D eigenvalue weighted by atomic mass is 14.9. The van der Waals surface area contributed by atoms with Gasteiger partial charge < -0.3 is 11.1 Å². The van der Waals surface area contributed by atoms with Crippen molar-refractivity contribution in [1.29, 1.82) is 0 Å². The number of nitrogens with two attached hydrogens (primary N) is 1. The molecule has 1 fully saturated rings. The van der Waals surface area contributed by atoms with Crippen molar-refractivity contribution in [2.24, 2.45) is 23.0 Å². The number of nitrogens with one attached hydrogen (secondary N) is 1. The van der Waals surface area contributed by atoms with E-state index in [1.54, 1.807) is 0 Å². The predicted octanol–water partition coefficient (Wildman–Crippen LogP) is 4.59. The smallest absolute Gasteiger partial charge is 0.0411 e. The van der Waals surface area contributed by atoms with E-state index in [1.165, 1.54) is 36.9 Å². The second kappa shape index (κ2) is 6.83. The first-order valence-electron chi connectivity index (χ1n) is 8.44. The number of benzene rings is 1. The molecule has 1 aliphatic rings. The lowest BCUT2D eigenvalue weighted by Crippen LogP contribution is -2.39. The fourth-order valence-electron chi connectivity index (χ4n) is 3.69. The molecule has 1 atom stereocenters. The van der Waals surface area contributed by atoms with Gasteiger partial charge in [-0.05, 0) is 61.5 Å². The lowest BCUT2D eigenvalue weighted by Gasteiger charge is -2.39. The van der Waals surface area contributed by atoms with Crippen LogP contribution in [0.1, 0.15) is 52.0 Å². The number of aryl methyl sites for hydroxylation is 1. The molecule has 0 bridgehead atoms. The molecule has 1 aliphatic carbocycles. The van der Waals surface area contributed by atoms with E-state index < -0.39 is 0 Å². The molecule has 0 saturated heterocycles. The number of hydrogen-bond donors (Lipinski definition) is 2. The molecule has 0 aromatic heterocycles. The van der Waals surface area contributed by atoms with Crippen LogP contribution in [0.5, 0.6) is 0 Å². The molecular weight excluding hydrogens is 256 g/mol. The molecule has 0 spiro atoms. The highest BCUT2D eigenvalue weighted by Gasteiger charge is 2.32. The minimum atomic E-state index is 0.409. The molecule has 2 rings (SSSR count). The van der Waals surface area contributed by atoms with Crippen molar-refractivity contribution < 1.29 is 0 Å². The van der Waals surface area contributed by atoms with Gasteiger partial charge in [0.25, 0.3) is 0 Å². The van der Waals surface area contributed by atoms with Crippen molar-refractivity contribution in [3.63, 3.8) is 0 Å². The Kier molecular flexibility index (Phi) is 5.32. The summed E-state index contributed by atoms with van der Waals surface area (Å²) in [5, 5.41) is 3.70. The summed E-state index contributed by atoms with van der Waals surface area (Å²) in [5.41, 5.74) is 9.06. The molecule has 1 aromatic rings. The predicted molar refractivity (Wildman–Crippen MR) is 92.5 cm³/mol. The van der Waals surface area contributed by atoms with E-state index in [4.69, 9.17) is 5.73 Å². The quantitative estimate of drug-likeness (QED) is 0.850. The van der Waals surface area contributed by atoms with E-state index in [0.717, 1.165) is 12.5 Å². The lowest BCUT2D eigenvalue weighted by atomic mass is 9.68. The normalized spacial score (nSPS) is 24.6. The van der Waals surface area contributed by atoms with Gasteiger partial charge in [-0.1, -0.05) is 39.0 Å². The third kappa shape index (κ3) is 4.23. The molecule has 118 valence electrons. The topological polar surface area (TPSA) is 38.0 Å². The molecule has 21 heavy (non-hydrogen) atoms. The van der Waals surface area contributed by atoms with E-state index in [2.05, 4.69) is 57.3 Å². The van der Waals surface area contributed by atoms with Crippen LogP contribution in [0.3, 0.4) is 0 Å². The summed E-state index contributed by atoms with van der Waals surface area (Å²) in [4.78, 5) is 0. The van der Waals surface area contributed by atoms with Gasteiger partial charge in [-0.25, -0.2) is 0 Å². The van der Waals surface area contributed by atoms with Gasteiger partial charge in [0.05, 0.1) is 0 Å². The number of para-hydroxylation sites is 1. The van der Waals surface area contributed by atoms with Gasteiger partial charge in [0.15, 0.2) is 0 Å². The van der Waals surface area contributed by atoms with E-state index in [0.29, 0.717) is 17.4 Å². The summed E-state index contributed by atoms with van der Waals surface area (Å²) in [6.07, 6.45) is 5.31. The van der Waals surface area contributed by atoms with Gasteiger partial charge in [0.2, 0.25) is 0 Å². The molecule has 1 unspecified atom stereocenters. The Hall–Kier alpha value is -1.02. The lowest BCUT2D eigenvalue weighted by molar-refractivity contribution is 0.143. The summed E-state index contributed by atoms with van der Waals surface area (Å²) < 4.78 is 0. The van der Waals surface area contributed by atoms with Gasteiger partial charge in [-0.2, -0.15) is 0 Å². The summed E-state index contributed by atoms with van der Waals surface area (Å²) in [6.45, 7) is 10.0. The van der Waals surface area contributed by atoms with Crippen LogP contribution in [0.25, 0.3) is 0 Å². The molecule has 2 nitrogen and oxygen atoms in total. The van der Waals surface area contributed by atoms with Gasteiger partial charge >= 0.3 is 0 Å². The third-order valence-electron chi connectivity index (χ3n) is 5.31. The highest BCUT2D eigenvalue weighted by Crippen LogP contribution is 2.41. The summed E-state index contributed by atoms with van der Waals surface area (Å²) in [5.74, 6) is 1.58. The van der Waals surface area contributed by atoms with Crippen LogP contribution < -0.4 is 11.1 Å². The van der Waals surface area contributed by atoms with Crippen LogP contribution in [0, 0.1) is 24.2 Å². The maximum Gasteiger partial charge on any atom is 0.0411 e. The first-order valence-corrected chi connectivity index (χ1v) is 8.44. The van der Waals surface area contributed by atoms with Gasteiger partial charge in [0.1, 0.15) is 0 Å². The zero-order chi connectivity index (χ0) is 15.5. The van der Waals surface area contributed by atoms with Crippen LogP contribution in [-0.4, -0.2) is 12.6 Å². The molecular formula is C19H32N2. The molecule has 2 heteroatoms. The Balaban J connectivity index is 1.96. The Morgan fingerprint density at radius 2 is 1.76 bits per heavy atom. The summed E-state index contributed by atoms with van der Waals surface area (Å²) >= 11 is 0. The Labute approximate surface area is 130 Å². The van der Waals surface area contributed by atoms with Crippen molar-refractivity contribution in [3.8, 4) is 0 Å². The molecule has 1 aromatic carbocycles. The van der Waals surface area contributed by atoms with E-state index in [1.807, 2.05) is 0 Å². The molecule has 0 aliphatic heterocycles. The maximum absolute atomic E-state index is 6.06. The number of rotatable bonds is 4. The summed E-state index contributed by atoms with van der Waals surface area (Å²) in [6, 6.07) is 8.92. The van der Waals surface area contributed by atoms with Gasteiger partial charge in [0, 0.05) is 18.3 Å². The fourth-order valence-corrected chi connectivity index (χ4v) is 3.69. The molecule has 3 N–H and O–H groups in total. The van der Waals surface area contributed by atoms with Crippen molar-refractivity contribution >= 4 is 5.69 Å². The maximum atomic E-state index is 6.06. The monoisotopic (exact) mass is 288 g/mol.